The SMILES string of the molecule is CCOC(=O)c1c(NC(=O)c2ccc(Cn3cccn3)o2)sc2c1CCCC2. The van der Waals surface area contributed by atoms with Gasteiger partial charge in [-0.3, -0.25) is 9.48 Å². The molecule has 4 rings (SSSR count). The van der Waals surface area contributed by atoms with Crippen LogP contribution in [0.1, 0.15) is 56.9 Å². The second-order valence-corrected chi connectivity index (χ2v) is 7.66. The third-order valence-electron chi connectivity index (χ3n) is 4.64. The van der Waals surface area contributed by atoms with Crippen molar-refractivity contribution < 1.29 is 18.7 Å². The van der Waals surface area contributed by atoms with E-state index in [1.54, 1.807) is 29.9 Å². The van der Waals surface area contributed by atoms with E-state index in [2.05, 4.69) is 10.4 Å². The smallest absolute Gasteiger partial charge is 0.341 e. The number of anilines is 1. The zero-order valence-electron chi connectivity index (χ0n) is 15.6. The highest BCUT2D eigenvalue weighted by Gasteiger charge is 2.28. The van der Waals surface area contributed by atoms with Gasteiger partial charge < -0.3 is 14.5 Å². The van der Waals surface area contributed by atoms with Crippen molar-refractivity contribution in [2.24, 2.45) is 0 Å². The number of fused-ring (bicyclic) bond motifs is 1. The van der Waals surface area contributed by atoms with Crippen molar-refractivity contribution >= 4 is 28.2 Å². The molecule has 1 aliphatic rings. The number of amides is 1. The molecule has 28 heavy (non-hydrogen) atoms. The molecule has 1 aliphatic carbocycles. The van der Waals surface area contributed by atoms with Crippen LogP contribution in [-0.4, -0.2) is 28.3 Å². The van der Waals surface area contributed by atoms with E-state index in [1.807, 2.05) is 12.3 Å². The lowest BCUT2D eigenvalue weighted by Crippen LogP contribution is -2.15. The van der Waals surface area contributed by atoms with E-state index in [1.165, 1.54) is 11.3 Å². The molecular formula is C20H21N3O4S. The van der Waals surface area contributed by atoms with Crippen molar-refractivity contribution in [1.82, 2.24) is 9.78 Å². The van der Waals surface area contributed by atoms with Crippen LogP contribution in [-0.2, 0) is 24.1 Å². The number of aryl methyl sites for hydroxylation is 1. The van der Waals surface area contributed by atoms with Gasteiger partial charge in [0.2, 0.25) is 0 Å². The highest BCUT2D eigenvalue weighted by atomic mass is 32.1. The first kappa shape index (κ1) is 18.5. The van der Waals surface area contributed by atoms with Crippen molar-refractivity contribution in [2.75, 3.05) is 11.9 Å². The molecule has 0 fully saturated rings. The van der Waals surface area contributed by atoms with Crippen LogP contribution < -0.4 is 5.32 Å². The van der Waals surface area contributed by atoms with Gasteiger partial charge in [-0.15, -0.1) is 11.3 Å². The predicted octanol–water partition coefficient (Wildman–Crippen LogP) is 3.89. The first-order valence-electron chi connectivity index (χ1n) is 9.35. The minimum atomic E-state index is -0.379. The molecule has 3 aromatic rings. The minimum absolute atomic E-state index is 0.198. The van der Waals surface area contributed by atoms with Gasteiger partial charge in [0, 0.05) is 17.3 Å². The molecule has 0 bridgehead atoms. The molecule has 0 atom stereocenters. The number of rotatable bonds is 6. The summed E-state index contributed by atoms with van der Waals surface area (Å²) in [6, 6.07) is 5.21. The van der Waals surface area contributed by atoms with E-state index >= 15 is 0 Å². The van der Waals surface area contributed by atoms with Crippen LogP contribution in [0.3, 0.4) is 0 Å². The molecule has 1 N–H and O–H groups in total. The van der Waals surface area contributed by atoms with Gasteiger partial charge in [-0.05, 0) is 56.4 Å². The number of carbonyl (C=O) groups is 2. The average molecular weight is 399 g/mol. The summed E-state index contributed by atoms with van der Waals surface area (Å²) >= 11 is 1.46. The van der Waals surface area contributed by atoms with Crippen LogP contribution in [0.5, 0.6) is 0 Å². The first-order chi connectivity index (χ1) is 13.7. The van der Waals surface area contributed by atoms with Crippen molar-refractivity contribution in [3.05, 3.63) is 58.1 Å². The first-order valence-corrected chi connectivity index (χ1v) is 10.2. The average Bonchev–Trinajstić information content (AvgIpc) is 3.41. The Morgan fingerprint density at radius 1 is 1.32 bits per heavy atom. The fourth-order valence-corrected chi connectivity index (χ4v) is 4.65. The van der Waals surface area contributed by atoms with Crippen LogP contribution in [0.15, 0.2) is 35.0 Å². The molecule has 0 saturated carbocycles. The largest absolute Gasteiger partial charge is 0.462 e. The Balaban J connectivity index is 1.55. The van der Waals surface area contributed by atoms with E-state index < -0.39 is 0 Å². The molecule has 7 nitrogen and oxygen atoms in total. The third-order valence-corrected chi connectivity index (χ3v) is 5.85. The third kappa shape index (κ3) is 3.73. The number of nitrogens with zero attached hydrogens (tertiary/aromatic N) is 2. The predicted molar refractivity (Wildman–Crippen MR) is 105 cm³/mol. The molecule has 1 amide bonds. The number of carbonyl (C=O) groups excluding carboxylic acids is 2. The number of nitrogens with one attached hydrogen (secondary N) is 1. The molecule has 0 unspecified atom stereocenters. The second kappa shape index (κ2) is 8.02. The Morgan fingerprint density at radius 3 is 2.96 bits per heavy atom. The molecule has 8 heteroatoms. The summed E-state index contributed by atoms with van der Waals surface area (Å²) in [7, 11) is 0. The molecule has 0 aromatic carbocycles. The number of ether oxygens (including phenoxy) is 1. The number of esters is 1. The quantitative estimate of drug-likeness (QED) is 0.636. The van der Waals surface area contributed by atoms with Crippen LogP contribution >= 0.6 is 11.3 Å². The zero-order valence-corrected chi connectivity index (χ0v) is 16.4. The van der Waals surface area contributed by atoms with Crippen LogP contribution in [0.4, 0.5) is 5.00 Å². The highest BCUT2D eigenvalue weighted by molar-refractivity contribution is 7.17. The molecule has 3 heterocycles. The Bertz CT molecular complexity index is 987. The maximum atomic E-state index is 12.7. The number of hydrogen-bond donors (Lipinski definition) is 1. The molecule has 0 spiro atoms. The van der Waals surface area contributed by atoms with Gasteiger partial charge in [0.05, 0.1) is 18.7 Å². The zero-order chi connectivity index (χ0) is 19.5. The summed E-state index contributed by atoms with van der Waals surface area (Å²) in [5.41, 5.74) is 1.52. The fourth-order valence-electron chi connectivity index (χ4n) is 3.38. The van der Waals surface area contributed by atoms with Crippen molar-refractivity contribution in [2.45, 2.75) is 39.2 Å². The number of aromatic nitrogens is 2. The summed E-state index contributed by atoms with van der Waals surface area (Å²) in [4.78, 5) is 26.4. The van der Waals surface area contributed by atoms with E-state index in [0.29, 0.717) is 29.5 Å². The van der Waals surface area contributed by atoms with Crippen LogP contribution in [0.2, 0.25) is 0 Å². The van der Waals surface area contributed by atoms with Gasteiger partial charge in [0.25, 0.3) is 5.91 Å². The van der Waals surface area contributed by atoms with Crippen LogP contribution in [0, 0.1) is 0 Å². The molecule has 0 saturated heterocycles. The Kier molecular flexibility index (Phi) is 5.29. The van der Waals surface area contributed by atoms with E-state index in [0.717, 1.165) is 36.1 Å². The van der Waals surface area contributed by atoms with E-state index in [9.17, 15) is 9.59 Å². The Labute approximate surface area is 166 Å². The summed E-state index contributed by atoms with van der Waals surface area (Å²) < 4.78 is 12.6. The normalized spacial score (nSPS) is 13.2. The van der Waals surface area contributed by atoms with Crippen molar-refractivity contribution in [1.29, 1.82) is 0 Å². The monoisotopic (exact) mass is 399 g/mol. The standard InChI is InChI=1S/C20H21N3O4S/c1-2-26-20(25)17-14-6-3-4-7-16(14)28-19(17)22-18(24)15-9-8-13(27-15)12-23-11-5-10-21-23/h5,8-11H,2-4,6-7,12H2,1H3,(H,22,24). The van der Waals surface area contributed by atoms with Crippen molar-refractivity contribution in [3.8, 4) is 0 Å². The number of furan rings is 1. The topological polar surface area (TPSA) is 86.4 Å². The number of thiophene rings is 1. The molecular weight excluding hydrogens is 378 g/mol. The van der Waals surface area contributed by atoms with E-state index in [-0.39, 0.29) is 17.6 Å². The number of hydrogen-bond acceptors (Lipinski definition) is 6. The van der Waals surface area contributed by atoms with Gasteiger partial charge in [-0.2, -0.15) is 5.10 Å². The summed E-state index contributed by atoms with van der Waals surface area (Å²) in [5, 5.41) is 7.53. The van der Waals surface area contributed by atoms with Gasteiger partial charge >= 0.3 is 5.97 Å². The van der Waals surface area contributed by atoms with Gasteiger partial charge in [-0.25, -0.2) is 4.79 Å². The second-order valence-electron chi connectivity index (χ2n) is 6.56. The summed E-state index contributed by atoms with van der Waals surface area (Å²) in [6.07, 6.45) is 7.41. The molecule has 0 aliphatic heterocycles. The summed E-state index contributed by atoms with van der Waals surface area (Å²) in [5.74, 6) is 0.0696. The molecule has 0 radical (unpaired) electrons. The lowest BCUT2D eigenvalue weighted by atomic mass is 9.95. The van der Waals surface area contributed by atoms with Crippen LogP contribution in [0.25, 0.3) is 0 Å². The Hall–Kier alpha value is -2.87. The maximum Gasteiger partial charge on any atom is 0.341 e. The van der Waals surface area contributed by atoms with Crippen molar-refractivity contribution in [3.63, 3.8) is 0 Å². The summed E-state index contributed by atoms with van der Waals surface area (Å²) in [6.45, 7) is 2.52. The van der Waals surface area contributed by atoms with E-state index in [4.69, 9.17) is 9.15 Å². The fraction of sp³-hybridized carbons (Fsp3) is 0.350. The van der Waals surface area contributed by atoms with Gasteiger partial charge in [0.15, 0.2) is 5.76 Å². The van der Waals surface area contributed by atoms with Gasteiger partial charge in [-0.1, -0.05) is 0 Å². The van der Waals surface area contributed by atoms with Gasteiger partial charge in [0.1, 0.15) is 10.8 Å². The minimum Gasteiger partial charge on any atom is -0.462 e. The molecule has 3 aromatic heterocycles. The lowest BCUT2D eigenvalue weighted by molar-refractivity contribution is 0.0526. The highest BCUT2D eigenvalue weighted by Crippen LogP contribution is 2.38. The Morgan fingerprint density at radius 2 is 2.18 bits per heavy atom. The molecule has 146 valence electrons. The maximum absolute atomic E-state index is 12.7. The lowest BCUT2D eigenvalue weighted by Gasteiger charge is -2.12.